The third-order valence-corrected chi connectivity index (χ3v) is 32.5. The van der Waals surface area contributed by atoms with E-state index < -0.39 is 72.5 Å². The Morgan fingerprint density at radius 3 is 0.939 bits per heavy atom. The zero-order chi connectivity index (χ0) is 105. The van der Waals surface area contributed by atoms with Crippen LogP contribution < -0.4 is 74.4 Å². The van der Waals surface area contributed by atoms with Crippen molar-refractivity contribution in [3.8, 4) is 43.4 Å². The molecule has 4 saturated carbocycles. The van der Waals surface area contributed by atoms with Crippen LogP contribution in [0.25, 0.3) is 43.4 Å². The van der Waals surface area contributed by atoms with Gasteiger partial charge >= 0.3 is 0 Å². The van der Waals surface area contributed by atoms with Gasteiger partial charge in [-0.05, 0) is 205 Å². The van der Waals surface area contributed by atoms with Crippen LogP contribution in [0.2, 0.25) is 0 Å². The fourth-order valence-corrected chi connectivity index (χ4v) is 23.7. The normalized spacial score (nSPS) is 19.7. The van der Waals surface area contributed by atoms with Crippen LogP contribution in [0.15, 0.2) is 121 Å². The van der Waals surface area contributed by atoms with Crippen LogP contribution in [-0.2, 0) is 67.1 Å². The summed E-state index contributed by atoms with van der Waals surface area (Å²) < 4.78 is 12.7. The molecule has 8 fully saturated rings. The van der Waals surface area contributed by atoms with Crippen LogP contribution in [-0.4, -0.2) is 257 Å². The lowest BCUT2D eigenvalue weighted by molar-refractivity contribution is -0.142. The summed E-state index contributed by atoms with van der Waals surface area (Å²) in [7, 11) is 6.87. The molecule has 38 nitrogen and oxygen atoms in total. The molecule has 4 aliphatic carbocycles. The lowest BCUT2D eigenvalue weighted by Crippen LogP contribution is -2.57. The maximum atomic E-state index is 13.9. The third-order valence-electron chi connectivity index (χ3n) is 29.3. The van der Waals surface area contributed by atoms with Crippen LogP contribution >= 0.6 is 45.9 Å². The van der Waals surface area contributed by atoms with E-state index in [1.165, 1.54) is 48.1 Å². The number of hydrogen-bond donors (Lipinski definition) is 14. The van der Waals surface area contributed by atoms with Gasteiger partial charge in [0, 0.05) is 51.2 Å². The molecule has 14 N–H and O–H groups in total. The average Bonchev–Trinajstić information content (AvgIpc) is 1.64. The van der Waals surface area contributed by atoms with Gasteiger partial charge in [0.2, 0.25) is 82.7 Å². The number of nitrogens with zero attached hydrogens (tertiary/aromatic N) is 10. The second-order valence-electron chi connectivity index (χ2n) is 39.4. The molecule has 148 heavy (non-hydrogen) atoms. The molecule has 8 aromatic rings. The Kier molecular flexibility index (Phi) is 42.5. The van der Waals surface area contributed by atoms with Crippen molar-refractivity contribution in [3.05, 3.63) is 121 Å². The Morgan fingerprint density at radius 1 is 0.311 bits per heavy atom. The number of anilines is 6. The molecule has 4 aromatic heterocycles. The molecule has 4 aromatic carbocycles. The first kappa shape index (κ1) is 113. The fourth-order valence-electron chi connectivity index (χ4n) is 20.7. The molecule has 16 rings (SSSR count). The molecule has 0 bridgehead atoms. The van der Waals surface area contributed by atoms with Crippen molar-refractivity contribution in [1.29, 1.82) is 0 Å². The Bertz CT molecular complexity index is 5450. The van der Waals surface area contributed by atoms with Crippen molar-refractivity contribution in [1.82, 2.24) is 90.4 Å². The molecular formula is C106H144N24O14S4. The van der Waals surface area contributed by atoms with Gasteiger partial charge in [-0.2, -0.15) is 8.75 Å². The van der Waals surface area contributed by atoms with Crippen molar-refractivity contribution < 1.29 is 67.1 Å². The number of likely N-dealkylation sites (N-methyl/N-ethyl adjacent to an activating group) is 4. The molecule has 0 radical (unpaired) electrons. The van der Waals surface area contributed by atoms with Gasteiger partial charge in [0.15, 0.2) is 27.7 Å². The fraction of sp³-hybridized carbons (Fsp3) is 0.547. The lowest BCUT2D eigenvalue weighted by Gasteiger charge is -2.35. The van der Waals surface area contributed by atoms with Crippen LogP contribution in [0.4, 0.5) is 32.7 Å². The van der Waals surface area contributed by atoms with E-state index in [-0.39, 0.29) is 106 Å². The third kappa shape index (κ3) is 30.1. The van der Waals surface area contributed by atoms with E-state index in [1.807, 2.05) is 121 Å². The summed E-state index contributed by atoms with van der Waals surface area (Å²) in [5.74, 6) is -1.77. The van der Waals surface area contributed by atoms with Gasteiger partial charge in [-0.3, -0.25) is 67.1 Å². The first-order valence-corrected chi connectivity index (χ1v) is 55.5. The molecule has 0 unspecified atom stereocenters. The molecule has 4 saturated heterocycles. The lowest BCUT2D eigenvalue weighted by atomic mass is 9.83. The van der Waals surface area contributed by atoms with E-state index in [0.717, 1.165) is 185 Å². The predicted molar refractivity (Wildman–Crippen MR) is 576 cm³/mol. The van der Waals surface area contributed by atoms with Gasteiger partial charge in [-0.15, -0.1) is 5.10 Å². The van der Waals surface area contributed by atoms with E-state index in [0.29, 0.717) is 109 Å². The Balaban J connectivity index is 0.000000165. The van der Waals surface area contributed by atoms with Crippen LogP contribution in [0, 0.1) is 23.7 Å². The number of carbonyl (C=O) groups excluding carboxylic acids is 14. The smallest absolute Gasteiger partial charge is 0.248 e. The van der Waals surface area contributed by atoms with Gasteiger partial charge in [-0.1, -0.05) is 226 Å². The molecular weight excluding hydrogens is 1960 g/mol. The molecule has 12 atom stereocenters. The average molecular weight is 2110 g/mol. The van der Waals surface area contributed by atoms with Crippen molar-refractivity contribution in [2.24, 2.45) is 23.7 Å². The number of thiazole rings is 2. The van der Waals surface area contributed by atoms with E-state index in [4.69, 9.17) is 0 Å². The summed E-state index contributed by atoms with van der Waals surface area (Å²) in [4.78, 5) is 201. The van der Waals surface area contributed by atoms with Gasteiger partial charge < -0.3 is 94.0 Å². The number of carbonyl (C=O) groups is 14. The first-order valence-electron chi connectivity index (χ1n) is 52.3. The maximum absolute atomic E-state index is 13.9. The van der Waals surface area contributed by atoms with Crippen LogP contribution in [0.5, 0.6) is 0 Å². The second kappa shape index (κ2) is 55.8. The Hall–Kier alpha value is -12.3. The minimum absolute atomic E-state index is 0.0482. The quantitative estimate of drug-likeness (QED) is 0.0178. The van der Waals surface area contributed by atoms with Crippen molar-refractivity contribution >= 4 is 161 Å². The monoisotopic (exact) mass is 2110 g/mol. The standard InChI is InChI=1S/2C28H38N6O4S.2C25H34N6O3S/c1-17(29-3)25(36)31-22(19-11-6-4-7-12-19)27(38)34-16-10-15-21(34)26(37)32-24-23(20-13-8-5-9-14-20)39-28(33-24)30-18(2)35;1-17(29-3)24(36)31-23(20-13-8-5-9-14-20)27(38)34-16-10-15-21(34)25(37)33-26-22(19-11-6-4-7-12-19)32-28(39-26)30-18(2)35;1-16(26-2)23(32)27-20(17-10-5-3-6-11-17)25(34)31-15-9-14-19(31)24(33)28-22-21(35-30-29-22)18-12-7-4-8-13-18;1-16(26-2)23(32)27-21(18-12-7-4-8-13-18)25(34)31-15-9-14-19(31)24(33)28-22-20(29-35-30-22)17-10-5-3-6-11-17/h5,8-9,13-14,17,19,21-22,29H,4,6-7,10-12,15-16H2,1-3H3,(H,31,36)(H,32,37)(H,30,33,35);4,6-7,11-12,17,20-21,23,29H,5,8-10,13-16H2,1-3H3,(H,31,36)(H,33,37)(H,30,32,35);4,7-8,12-13,16-17,19-20,26H,3,5-6,9-11,14-15H2,1-2H3,(H,27,32)(H,28,33);3,5-6,10-11,16,18-19,21,26H,4,7-9,12-15H2,1-2H3,(H,27,32)(H,28,30,33)/t17-,21-,22-;17-,21-,23-;16-,19-,20-;16-,19-,21-/m0000/s1. The molecule has 0 spiro atoms. The molecule has 8 aliphatic rings. The Morgan fingerprint density at radius 2 is 0.608 bits per heavy atom. The van der Waals surface area contributed by atoms with Crippen molar-refractivity contribution in [3.63, 3.8) is 0 Å². The first-order chi connectivity index (χ1) is 71.5. The number of likely N-dealkylation sites (tertiary alicyclic amines) is 4. The van der Waals surface area contributed by atoms with E-state index in [2.05, 4.69) is 103 Å². The van der Waals surface area contributed by atoms with Gasteiger partial charge in [0.1, 0.15) is 64.7 Å². The summed E-state index contributed by atoms with van der Waals surface area (Å²) in [5.41, 5.74) is 4.64. The molecule has 796 valence electrons. The van der Waals surface area contributed by atoms with E-state index in [9.17, 15) is 67.1 Å². The molecule has 4 aliphatic heterocycles. The highest BCUT2D eigenvalue weighted by atomic mass is 32.1. The summed E-state index contributed by atoms with van der Waals surface area (Å²) in [6.45, 7) is 11.8. The maximum Gasteiger partial charge on any atom is 0.248 e. The summed E-state index contributed by atoms with van der Waals surface area (Å²) in [5, 5.41) is 46.3. The topological polar surface area (TPSA) is 498 Å². The van der Waals surface area contributed by atoms with E-state index >= 15 is 0 Å². The summed E-state index contributed by atoms with van der Waals surface area (Å²) >= 11 is 4.72. The number of aromatic nitrogens is 6. The van der Waals surface area contributed by atoms with E-state index in [1.54, 1.807) is 75.5 Å². The van der Waals surface area contributed by atoms with Crippen molar-refractivity contribution in [2.75, 3.05) is 86.3 Å². The van der Waals surface area contributed by atoms with Crippen LogP contribution in [0.1, 0.15) is 221 Å². The predicted octanol–water partition coefficient (Wildman–Crippen LogP) is 12.4. The zero-order valence-corrected chi connectivity index (χ0v) is 89.5. The van der Waals surface area contributed by atoms with Gasteiger partial charge in [0.25, 0.3) is 0 Å². The largest absolute Gasteiger partial charge is 0.343 e. The second-order valence-corrected chi connectivity index (χ2v) is 42.7. The van der Waals surface area contributed by atoms with Gasteiger partial charge in [-0.25, -0.2) is 9.97 Å². The highest BCUT2D eigenvalue weighted by molar-refractivity contribution is 7.20. The number of hydrogen-bond acceptors (Lipinski definition) is 28. The van der Waals surface area contributed by atoms with Crippen LogP contribution in [0.3, 0.4) is 0 Å². The minimum Gasteiger partial charge on any atom is -0.343 e. The van der Waals surface area contributed by atoms with Crippen molar-refractivity contribution in [2.45, 2.75) is 294 Å². The SMILES string of the molecule is CN[C@@H](C)C(=O)N[C@H](C(=O)N1CCC[C@H]1C(=O)Nc1nc(NC(C)=O)sc1-c1ccccc1)C1CCCCC1.CN[C@@H](C)C(=O)N[C@H](C(=O)N1CCC[C@H]1C(=O)Nc1nnsc1-c1ccccc1)C1CCCCC1.CN[C@@H](C)C(=O)N[C@H](C(=O)N1CCC[C@H]1C(=O)Nc1nsnc1-c1ccccc1)C1CCCCC1.CN[C@@H](C)C(=O)N[C@H](C(=O)N1CCC[C@H]1C(=O)Nc1sc(NC(C)=O)nc1-c1ccccc1)C1CCCCC1. The highest BCUT2D eigenvalue weighted by Gasteiger charge is 2.48. The molecule has 14 amide bonds. The number of amides is 14. The summed E-state index contributed by atoms with van der Waals surface area (Å²) in [6.07, 6.45) is 25.1. The molecule has 42 heteroatoms. The number of rotatable bonds is 34. The zero-order valence-electron chi connectivity index (χ0n) is 86.2. The Labute approximate surface area is 881 Å². The molecule has 8 heterocycles. The summed E-state index contributed by atoms with van der Waals surface area (Å²) in [6, 6.07) is 31.4. The number of nitrogens with one attached hydrogen (secondary N) is 14. The minimum atomic E-state index is -0.670. The number of benzene rings is 4. The highest BCUT2D eigenvalue weighted by Crippen LogP contribution is 2.42. The van der Waals surface area contributed by atoms with Gasteiger partial charge in [0.05, 0.1) is 45.6 Å².